The van der Waals surface area contributed by atoms with Crippen LogP contribution in [0.2, 0.25) is 5.02 Å². The zero-order valence-electron chi connectivity index (χ0n) is 22.9. The summed E-state index contributed by atoms with van der Waals surface area (Å²) in [6.45, 7) is 5.11. The van der Waals surface area contributed by atoms with Gasteiger partial charge in [-0.05, 0) is 37.8 Å². The second-order valence-corrected chi connectivity index (χ2v) is 11.6. The first kappa shape index (κ1) is 27.9. The van der Waals surface area contributed by atoms with E-state index in [-0.39, 0.29) is 30.9 Å². The minimum Gasteiger partial charge on any atom is -0.396 e. The number of carbonyl (C=O) groups excluding carboxylic acids is 3. The first-order valence-electron chi connectivity index (χ1n) is 14.0. The smallest absolute Gasteiger partial charge is 0.253 e. The van der Waals surface area contributed by atoms with E-state index in [1.54, 1.807) is 27.8 Å². The number of anilines is 1. The number of ether oxygens (including phenoxy) is 1. The lowest BCUT2D eigenvalue weighted by Crippen LogP contribution is -2.56. The number of hydrogen-bond acceptors (Lipinski definition) is 5. The number of halogens is 1. The Morgan fingerprint density at radius 1 is 1.00 bits per heavy atom. The number of nitrogens with zero attached hydrogens (tertiary/aromatic N) is 3. The molecule has 4 heterocycles. The summed E-state index contributed by atoms with van der Waals surface area (Å²) < 4.78 is 6.96. The second-order valence-electron chi connectivity index (χ2n) is 11.2. The summed E-state index contributed by atoms with van der Waals surface area (Å²) in [4.78, 5) is 47.7. The van der Waals surface area contributed by atoms with Gasteiger partial charge in [0, 0.05) is 33.3 Å². The molecule has 0 aliphatic carbocycles. The van der Waals surface area contributed by atoms with E-state index in [4.69, 9.17) is 21.4 Å². The minimum absolute atomic E-state index is 0.129. The van der Waals surface area contributed by atoms with Crippen LogP contribution in [0.1, 0.15) is 44.6 Å². The van der Waals surface area contributed by atoms with Gasteiger partial charge in [0.05, 0.1) is 28.1 Å². The molecule has 5 atom stereocenters. The van der Waals surface area contributed by atoms with Crippen molar-refractivity contribution in [3.63, 3.8) is 0 Å². The van der Waals surface area contributed by atoms with Crippen LogP contribution in [0, 0.1) is 18.8 Å². The molecular weight excluding hydrogens is 518 g/mol. The second kappa shape index (κ2) is 10.7. The summed E-state index contributed by atoms with van der Waals surface area (Å²) in [6, 6.07) is 4.60. The molecular formula is C30H38ClN3O5. The van der Waals surface area contributed by atoms with Crippen LogP contribution in [0.5, 0.6) is 0 Å². The molecule has 0 aromatic heterocycles. The van der Waals surface area contributed by atoms with Crippen molar-refractivity contribution in [1.29, 1.82) is 0 Å². The van der Waals surface area contributed by atoms with Crippen molar-refractivity contribution in [2.45, 2.75) is 63.2 Å². The number of aliphatic hydroxyl groups excluding tert-OH is 1. The maximum Gasteiger partial charge on any atom is 0.253 e. The highest BCUT2D eigenvalue weighted by Gasteiger charge is 2.75. The van der Waals surface area contributed by atoms with Gasteiger partial charge >= 0.3 is 0 Å². The first-order chi connectivity index (χ1) is 18.7. The van der Waals surface area contributed by atoms with Crippen LogP contribution < -0.4 is 4.90 Å². The lowest BCUT2D eigenvalue weighted by atomic mass is 9.73. The molecule has 1 spiro atoms. The third kappa shape index (κ3) is 4.32. The zero-order valence-corrected chi connectivity index (χ0v) is 23.7. The number of likely N-dealkylation sites (tertiary alicyclic amines) is 1. The monoisotopic (exact) mass is 555 g/mol. The molecule has 0 radical (unpaired) electrons. The van der Waals surface area contributed by atoms with Gasteiger partial charge in [-0.25, -0.2) is 0 Å². The molecule has 1 N–H and O–H groups in total. The Labute approximate surface area is 235 Å². The molecule has 4 aliphatic heterocycles. The Morgan fingerprint density at radius 2 is 1.74 bits per heavy atom. The summed E-state index contributed by atoms with van der Waals surface area (Å²) in [5, 5.41) is 9.63. The van der Waals surface area contributed by atoms with Crippen molar-refractivity contribution < 1.29 is 24.2 Å². The SMILES string of the molecule is CC[C@]12C=CCN(C)C(=O)[C@H]1[C@H]1C(=O)N(CCCCCCO)C3C(=O)N(c4c(C)cccc4Cl)CC=C[C@@]31O2. The number of amides is 3. The fourth-order valence-electron chi connectivity index (χ4n) is 7.03. The Balaban J connectivity index is 1.62. The number of aliphatic hydroxyl groups is 1. The van der Waals surface area contributed by atoms with E-state index in [1.165, 1.54) is 0 Å². The van der Waals surface area contributed by atoms with Gasteiger partial charge in [-0.2, -0.15) is 0 Å². The van der Waals surface area contributed by atoms with Crippen LogP contribution in [0.4, 0.5) is 5.69 Å². The van der Waals surface area contributed by atoms with Crippen molar-refractivity contribution in [2.24, 2.45) is 11.8 Å². The highest BCUT2D eigenvalue weighted by Crippen LogP contribution is 2.58. The molecule has 2 fully saturated rings. The van der Waals surface area contributed by atoms with Gasteiger partial charge in [0.1, 0.15) is 11.6 Å². The van der Waals surface area contributed by atoms with Crippen LogP contribution >= 0.6 is 11.6 Å². The molecule has 210 valence electrons. The van der Waals surface area contributed by atoms with E-state index in [9.17, 15) is 14.4 Å². The highest BCUT2D eigenvalue weighted by molar-refractivity contribution is 6.34. The highest BCUT2D eigenvalue weighted by atomic mass is 35.5. The number of aryl methyl sites for hydroxylation is 1. The Morgan fingerprint density at radius 3 is 2.46 bits per heavy atom. The normalized spacial score (nSPS) is 31.9. The molecule has 3 amide bonds. The molecule has 4 aliphatic rings. The summed E-state index contributed by atoms with van der Waals surface area (Å²) in [5.41, 5.74) is -0.771. The van der Waals surface area contributed by atoms with E-state index in [2.05, 4.69) is 0 Å². The van der Waals surface area contributed by atoms with Gasteiger partial charge in [0.25, 0.3) is 5.91 Å². The molecule has 1 aromatic carbocycles. The Hall–Kier alpha value is -2.68. The number of likely N-dealkylation sites (N-methyl/N-ethyl adjacent to an activating group) is 1. The maximum atomic E-state index is 14.6. The molecule has 0 bridgehead atoms. The average Bonchev–Trinajstić information content (AvgIpc) is 3.21. The lowest BCUT2D eigenvalue weighted by molar-refractivity contribution is -0.149. The lowest BCUT2D eigenvalue weighted by Gasteiger charge is -2.38. The van der Waals surface area contributed by atoms with Gasteiger partial charge in [-0.15, -0.1) is 0 Å². The fraction of sp³-hybridized carbons (Fsp3) is 0.567. The summed E-state index contributed by atoms with van der Waals surface area (Å²) >= 11 is 6.62. The number of benzene rings is 1. The molecule has 39 heavy (non-hydrogen) atoms. The average molecular weight is 556 g/mol. The Kier molecular flexibility index (Phi) is 7.65. The predicted octanol–water partition coefficient (Wildman–Crippen LogP) is 3.49. The molecule has 8 nitrogen and oxygen atoms in total. The van der Waals surface area contributed by atoms with E-state index in [0.29, 0.717) is 43.1 Å². The number of fused-ring (bicyclic) bond motifs is 2. The molecule has 5 rings (SSSR count). The van der Waals surface area contributed by atoms with Gasteiger partial charge in [-0.3, -0.25) is 14.4 Å². The first-order valence-corrected chi connectivity index (χ1v) is 14.4. The number of hydrogen-bond donors (Lipinski definition) is 1. The van der Waals surface area contributed by atoms with Gasteiger partial charge in [0.15, 0.2) is 0 Å². The summed E-state index contributed by atoms with van der Waals surface area (Å²) in [5.74, 6) is -2.15. The van der Waals surface area contributed by atoms with Crippen LogP contribution in [0.25, 0.3) is 0 Å². The Bertz CT molecular complexity index is 1200. The van der Waals surface area contributed by atoms with Gasteiger partial charge in [-0.1, -0.05) is 67.8 Å². The van der Waals surface area contributed by atoms with E-state index >= 15 is 0 Å². The van der Waals surface area contributed by atoms with E-state index < -0.39 is 29.1 Å². The van der Waals surface area contributed by atoms with Crippen molar-refractivity contribution in [2.75, 3.05) is 38.2 Å². The zero-order chi connectivity index (χ0) is 27.9. The van der Waals surface area contributed by atoms with Gasteiger partial charge in [0.2, 0.25) is 11.8 Å². The fourth-order valence-corrected chi connectivity index (χ4v) is 7.36. The molecule has 9 heteroatoms. The topological polar surface area (TPSA) is 90.4 Å². The predicted molar refractivity (Wildman–Crippen MR) is 149 cm³/mol. The third-order valence-electron chi connectivity index (χ3n) is 8.91. The minimum atomic E-state index is -1.28. The standard InChI is InChI=1S/C30H38ClN3O5/c1-4-29-14-10-16-32(3)26(36)22(29)23-27(37)34(17-7-5-6-8-19-35)25-28(38)33(18-11-15-30(23,25)39-29)24-20(2)12-9-13-21(24)31/h9-15,22-23,25,35H,4-8,16-19H2,1-3H3/t22-,23+,25?,29+,30+/m1/s1. The number of para-hydroxylation sites is 1. The van der Waals surface area contributed by atoms with Crippen LogP contribution in [0.15, 0.2) is 42.5 Å². The number of unbranched alkanes of at least 4 members (excludes halogenated alkanes) is 3. The van der Waals surface area contributed by atoms with Crippen LogP contribution in [-0.2, 0) is 19.1 Å². The quantitative estimate of drug-likeness (QED) is 0.392. The largest absolute Gasteiger partial charge is 0.396 e. The van der Waals surface area contributed by atoms with Crippen molar-refractivity contribution in [3.8, 4) is 0 Å². The molecule has 0 saturated carbocycles. The number of rotatable bonds is 8. The summed E-state index contributed by atoms with van der Waals surface area (Å²) in [7, 11) is 1.75. The van der Waals surface area contributed by atoms with Crippen molar-refractivity contribution >= 4 is 35.0 Å². The van der Waals surface area contributed by atoms with Crippen LogP contribution in [-0.4, -0.2) is 83.2 Å². The number of carbonyl (C=O) groups is 3. The van der Waals surface area contributed by atoms with E-state index in [1.807, 2.05) is 50.3 Å². The molecule has 1 unspecified atom stereocenters. The van der Waals surface area contributed by atoms with Crippen molar-refractivity contribution in [1.82, 2.24) is 9.80 Å². The maximum absolute atomic E-state index is 14.6. The third-order valence-corrected chi connectivity index (χ3v) is 9.21. The van der Waals surface area contributed by atoms with Gasteiger partial charge < -0.3 is 24.5 Å². The van der Waals surface area contributed by atoms with Crippen molar-refractivity contribution in [3.05, 3.63) is 53.1 Å². The molecule has 1 aromatic rings. The summed E-state index contributed by atoms with van der Waals surface area (Å²) in [6.07, 6.45) is 11.2. The van der Waals surface area contributed by atoms with Crippen LogP contribution in [0.3, 0.4) is 0 Å². The molecule has 2 saturated heterocycles. The van der Waals surface area contributed by atoms with E-state index in [0.717, 1.165) is 18.4 Å².